The maximum atomic E-state index is 11.5. The van der Waals surface area contributed by atoms with E-state index in [-0.39, 0.29) is 0 Å². The number of ether oxygens (including phenoxy) is 13. The van der Waals surface area contributed by atoms with Crippen LogP contribution in [-0.2, 0) is 61.6 Å². The highest BCUT2D eigenvalue weighted by Gasteiger charge is 2.57. The second kappa shape index (κ2) is 24.9. The van der Waals surface area contributed by atoms with Crippen LogP contribution in [0.3, 0.4) is 0 Å². The molecule has 0 aromatic rings. The molecule has 0 aromatic carbocycles. The molecule has 0 radical (unpaired) electrons. The number of rotatable bonds is 18. The molecule has 6 aliphatic rings. The van der Waals surface area contributed by atoms with Crippen molar-refractivity contribution in [3.8, 4) is 0 Å². The smallest absolute Gasteiger partial charge is 0.187 e. The highest BCUT2D eigenvalue weighted by molar-refractivity contribution is 4.99. The quantitative estimate of drug-likeness (QED) is 0.0606. The lowest BCUT2D eigenvalue weighted by Crippen LogP contribution is -2.68. The van der Waals surface area contributed by atoms with E-state index in [0.717, 1.165) is 7.11 Å². The molecule has 31 nitrogen and oxygen atoms in total. The van der Waals surface area contributed by atoms with Crippen LogP contribution in [0.25, 0.3) is 0 Å². The van der Waals surface area contributed by atoms with Gasteiger partial charge < -0.3 is 153 Å². The lowest BCUT2D eigenvalue weighted by atomic mass is 9.95. The van der Waals surface area contributed by atoms with Gasteiger partial charge in [-0.3, -0.25) is 0 Å². The summed E-state index contributed by atoms with van der Waals surface area (Å²) >= 11 is 0. The van der Waals surface area contributed by atoms with Gasteiger partial charge in [-0.2, -0.15) is 0 Å². The molecule has 31 heteroatoms. The fraction of sp³-hybridized carbons (Fsp3) is 1.00. The molecule has 0 aliphatic carbocycles. The van der Waals surface area contributed by atoms with Gasteiger partial charge in [-0.25, -0.2) is 0 Å². The van der Waals surface area contributed by atoms with Crippen LogP contribution in [0.5, 0.6) is 0 Å². The summed E-state index contributed by atoms with van der Waals surface area (Å²) in [5, 5.41) is 192. The first kappa shape index (κ1) is 57.0. The number of hydrogen-bond acceptors (Lipinski definition) is 31. The second-order valence-electron chi connectivity index (χ2n) is 17.2. The SMILES string of the molecule is CO[C@@H]1OC(CO)[C@@H](O[C@H]2O[C@@H](CO[C@H]3O[C@@H](CO)[C@H](O)C(O)C3O)[C@@H](O[C@@H]3OC(CO)[C@@H](O[C@H]4O[C@@H](CO)[C@@H](O[C@@H]5OC(CO)[C@@H](OC)[C@H](O)C5O)C(O)C4O)[C@@H](O)C3O)C(O)C2O)[C@@H](O)C1O. The van der Waals surface area contributed by atoms with E-state index in [0.29, 0.717) is 0 Å². The fourth-order valence-corrected chi connectivity index (χ4v) is 8.87. The van der Waals surface area contributed by atoms with E-state index in [9.17, 15) is 91.9 Å². The van der Waals surface area contributed by atoms with Gasteiger partial charge >= 0.3 is 0 Å². The minimum atomic E-state index is -2.22. The van der Waals surface area contributed by atoms with Crippen molar-refractivity contribution in [3.05, 3.63) is 0 Å². The van der Waals surface area contributed by atoms with Crippen LogP contribution >= 0.6 is 0 Å². The fourth-order valence-electron chi connectivity index (χ4n) is 8.87. The van der Waals surface area contributed by atoms with Crippen molar-refractivity contribution in [1.82, 2.24) is 0 Å². The molecule has 6 aliphatic heterocycles. The number of methoxy groups -OCH3 is 2. The second-order valence-corrected chi connectivity index (χ2v) is 17.2. The van der Waals surface area contributed by atoms with E-state index >= 15 is 0 Å². The minimum absolute atomic E-state index is 0.700. The molecule has 0 amide bonds. The lowest BCUT2D eigenvalue weighted by Gasteiger charge is -2.50. The van der Waals surface area contributed by atoms with Crippen LogP contribution in [0.2, 0.25) is 0 Å². The Morgan fingerprint density at radius 1 is 0.275 bits per heavy atom. The van der Waals surface area contributed by atoms with Crippen LogP contribution in [0.4, 0.5) is 0 Å². The summed E-state index contributed by atoms with van der Waals surface area (Å²) in [6.45, 7) is -5.23. The topological polar surface area (TPSA) is 484 Å². The van der Waals surface area contributed by atoms with Gasteiger partial charge in [0.2, 0.25) is 0 Å². The molecule has 6 rings (SSSR count). The number of aliphatic hydroxyl groups excluding tert-OH is 18. The summed E-state index contributed by atoms with van der Waals surface area (Å²) in [6.07, 6.45) is -54.3. The zero-order chi connectivity index (χ0) is 50.8. The average molecular weight is 1020 g/mol. The molecule has 6 heterocycles. The van der Waals surface area contributed by atoms with Crippen LogP contribution in [-0.4, -0.2) is 330 Å². The largest absolute Gasteiger partial charge is 0.394 e. The van der Waals surface area contributed by atoms with Gasteiger partial charge in [0.05, 0.1) is 39.6 Å². The van der Waals surface area contributed by atoms with Crippen molar-refractivity contribution in [3.63, 3.8) is 0 Å². The number of aliphatic hydroxyl groups is 18. The molecule has 0 saturated carbocycles. The first-order chi connectivity index (χ1) is 32.8. The molecule has 0 bridgehead atoms. The Morgan fingerprint density at radius 3 is 0.899 bits per heavy atom. The maximum absolute atomic E-state index is 11.5. The summed E-state index contributed by atoms with van der Waals surface area (Å²) in [4.78, 5) is 0. The highest BCUT2D eigenvalue weighted by Crippen LogP contribution is 2.36. The maximum Gasteiger partial charge on any atom is 0.187 e. The Morgan fingerprint density at radius 2 is 0.551 bits per heavy atom. The Balaban J connectivity index is 1.17. The molecule has 404 valence electrons. The van der Waals surface area contributed by atoms with Crippen molar-refractivity contribution >= 4 is 0 Å². The molecule has 6 fully saturated rings. The van der Waals surface area contributed by atoms with Crippen molar-refractivity contribution in [1.29, 1.82) is 0 Å². The van der Waals surface area contributed by atoms with Crippen LogP contribution in [0, 0.1) is 0 Å². The summed E-state index contributed by atoms with van der Waals surface area (Å²) in [5.74, 6) is 0. The Kier molecular flexibility index (Phi) is 20.6. The first-order valence-electron chi connectivity index (χ1n) is 21.9. The molecule has 6 saturated heterocycles. The molecular formula is C38H66O31. The molecular weight excluding hydrogens is 952 g/mol. The van der Waals surface area contributed by atoms with Crippen LogP contribution in [0.15, 0.2) is 0 Å². The van der Waals surface area contributed by atoms with Crippen molar-refractivity contribution in [2.45, 2.75) is 184 Å². The lowest BCUT2D eigenvalue weighted by molar-refractivity contribution is -0.395. The molecule has 0 aromatic heterocycles. The average Bonchev–Trinajstić information content (AvgIpc) is 3.34. The van der Waals surface area contributed by atoms with Crippen LogP contribution < -0.4 is 0 Å². The summed E-state index contributed by atoms with van der Waals surface area (Å²) in [7, 11) is 2.33. The minimum Gasteiger partial charge on any atom is -0.394 e. The summed E-state index contributed by atoms with van der Waals surface area (Å²) in [6, 6.07) is 0. The van der Waals surface area contributed by atoms with Crippen molar-refractivity contribution in [2.24, 2.45) is 0 Å². The third kappa shape index (κ3) is 11.8. The molecule has 0 spiro atoms. The van der Waals surface area contributed by atoms with Gasteiger partial charge in [-0.05, 0) is 0 Å². The van der Waals surface area contributed by atoms with Crippen LogP contribution in [0.1, 0.15) is 0 Å². The third-order valence-corrected chi connectivity index (χ3v) is 12.9. The zero-order valence-corrected chi connectivity index (χ0v) is 36.9. The predicted octanol–water partition coefficient (Wildman–Crippen LogP) is -12.8. The first-order valence-corrected chi connectivity index (χ1v) is 21.9. The summed E-state index contributed by atoms with van der Waals surface area (Å²) in [5.41, 5.74) is 0. The zero-order valence-electron chi connectivity index (χ0n) is 36.9. The molecule has 18 N–H and O–H groups in total. The van der Waals surface area contributed by atoms with E-state index < -0.39 is 224 Å². The van der Waals surface area contributed by atoms with E-state index in [1.54, 1.807) is 0 Å². The molecule has 69 heavy (non-hydrogen) atoms. The summed E-state index contributed by atoms with van der Waals surface area (Å²) < 4.78 is 72.2. The Hall–Kier alpha value is -1.24. The van der Waals surface area contributed by atoms with Gasteiger partial charge in [0.1, 0.15) is 146 Å². The predicted molar refractivity (Wildman–Crippen MR) is 209 cm³/mol. The Labute approximate surface area is 391 Å². The molecule has 30 atom stereocenters. The van der Waals surface area contributed by atoms with Crippen molar-refractivity contribution < 1.29 is 153 Å². The van der Waals surface area contributed by atoms with Gasteiger partial charge in [0.25, 0.3) is 0 Å². The van der Waals surface area contributed by atoms with Gasteiger partial charge in [-0.15, -0.1) is 0 Å². The third-order valence-electron chi connectivity index (χ3n) is 12.9. The van der Waals surface area contributed by atoms with Gasteiger partial charge in [-0.1, -0.05) is 0 Å². The Bertz CT molecular complexity index is 1530. The van der Waals surface area contributed by atoms with E-state index in [1.165, 1.54) is 7.11 Å². The van der Waals surface area contributed by atoms with E-state index in [2.05, 4.69) is 0 Å². The molecule has 12 unspecified atom stereocenters. The van der Waals surface area contributed by atoms with Gasteiger partial charge in [0.15, 0.2) is 37.7 Å². The van der Waals surface area contributed by atoms with Crippen molar-refractivity contribution in [2.75, 3.05) is 53.9 Å². The standard InChI is InChI=1S/C38H66O31/c1-57-28-10(4-40)62-35(24(53)17(28)46)66-30-12(6-42)63-36(25(54)19(30)48)67-31-13(7-43)64-37(26(55)20(31)49)69-32-14(8-59-34-22(51)16(45)15(44)9(3-39)60-34)65-38(27(56)21(32)50)68-29-11(5-41)61-33(58-2)23(52)18(29)47/h9-56H,3-8H2,1-2H3/t9-,10?,11?,12-,13?,14-,15-,16?,17+,18-,19?,20-,21?,22?,23?,24?,25?,26?,27?,28+,29+,30+,31+,32+,33+,34-,35-,36+,37-,38+/m0/s1. The normalized spacial score (nSPS) is 52.2. The monoisotopic (exact) mass is 1020 g/mol. The number of hydrogen-bond donors (Lipinski definition) is 18. The van der Waals surface area contributed by atoms with E-state index in [1.807, 2.05) is 0 Å². The van der Waals surface area contributed by atoms with E-state index in [4.69, 9.17) is 61.6 Å². The van der Waals surface area contributed by atoms with Gasteiger partial charge in [0, 0.05) is 14.2 Å². The highest BCUT2D eigenvalue weighted by atomic mass is 16.8.